The molecule has 0 aliphatic carbocycles. The second-order valence-electron chi connectivity index (χ2n) is 4.15. The third kappa shape index (κ3) is 4.54. The minimum absolute atomic E-state index is 0.308. The van der Waals surface area contributed by atoms with Gasteiger partial charge in [-0.1, -0.05) is 26.7 Å². The quantitative estimate of drug-likeness (QED) is 0.523. The van der Waals surface area contributed by atoms with Crippen molar-refractivity contribution in [3.8, 4) is 0 Å². The van der Waals surface area contributed by atoms with Crippen molar-refractivity contribution in [3.05, 3.63) is 0 Å². The summed E-state index contributed by atoms with van der Waals surface area (Å²) < 4.78 is 0. The van der Waals surface area contributed by atoms with E-state index in [9.17, 15) is 0 Å². The third-order valence-corrected chi connectivity index (χ3v) is 2.91. The molecule has 0 amide bonds. The Morgan fingerprint density at radius 2 is 1.50 bits per heavy atom. The molecule has 0 aromatic rings. The number of hydrogen-bond donors (Lipinski definition) is 2. The second-order valence-corrected chi connectivity index (χ2v) is 4.15. The lowest BCUT2D eigenvalue weighted by molar-refractivity contribution is 0.230. The van der Waals surface area contributed by atoms with Crippen molar-refractivity contribution >= 4 is 12.4 Å². The largest absolute Gasteiger partial charge is 0.313 e. The van der Waals surface area contributed by atoms with Gasteiger partial charge in [-0.2, -0.15) is 0 Å². The van der Waals surface area contributed by atoms with Crippen LogP contribution in [0.5, 0.6) is 0 Å². The summed E-state index contributed by atoms with van der Waals surface area (Å²) in [6.45, 7) is 4.41. The van der Waals surface area contributed by atoms with Gasteiger partial charge < -0.3 is 10.8 Å². The molecule has 14 heavy (non-hydrogen) atoms. The van der Waals surface area contributed by atoms with Gasteiger partial charge in [-0.15, -0.1) is 0 Å². The fourth-order valence-electron chi connectivity index (χ4n) is 2.34. The summed E-state index contributed by atoms with van der Waals surface area (Å²) in [4.78, 5) is 0. The standard InChI is InChI=1S/C12H24N2/c1-3-6-12(7-4-2,9-11-14)8-5-10-13/h10-11,13-14H,3-9H2,1-2H3. The van der Waals surface area contributed by atoms with Crippen molar-refractivity contribution in [1.82, 2.24) is 0 Å². The van der Waals surface area contributed by atoms with Crippen LogP contribution >= 0.6 is 0 Å². The highest BCUT2D eigenvalue weighted by atomic mass is 14.4. The van der Waals surface area contributed by atoms with Crippen LogP contribution < -0.4 is 0 Å². The van der Waals surface area contributed by atoms with Crippen LogP contribution in [0.15, 0.2) is 0 Å². The van der Waals surface area contributed by atoms with E-state index >= 15 is 0 Å². The molecule has 0 aliphatic heterocycles. The Labute approximate surface area is 88.1 Å². The molecule has 82 valence electrons. The molecule has 2 heteroatoms. The Balaban J connectivity index is 4.35. The van der Waals surface area contributed by atoms with Crippen LogP contribution in [-0.2, 0) is 0 Å². The zero-order valence-corrected chi connectivity index (χ0v) is 9.60. The topological polar surface area (TPSA) is 47.7 Å². The highest BCUT2D eigenvalue weighted by Crippen LogP contribution is 2.37. The Bertz CT molecular complexity index is 158. The van der Waals surface area contributed by atoms with E-state index in [1.807, 2.05) is 0 Å². The molecule has 0 saturated heterocycles. The van der Waals surface area contributed by atoms with Crippen LogP contribution in [0.25, 0.3) is 0 Å². The van der Waals surface area contributed by atoms with Gasteiger partial charge in [-0.25, -0.2) is 0 Å². The molecule has 0 saturated carbocycles. The average molecular weight is 196 g/mol. The van der Waals surface area contributed by atoms with Gasteiger partial charge in [0.15, 0.2) is 0 Å². The molecule has 0 aliphatic rings. The molecule has 0 rings (SSSR count). The number of nitrogens with one attached hydrogen (secondary N) is 2. The molecule has 0 heterocycles. The molecule has 0 fully saturated rings. The molecule has 2 N–H and O–H groups in total. The van der Waals surface area contributed by atoms with E-state index in [0.29, 0.717) is 5.41 Å². The molecular formula is C12H24N2. The lowest BCUT2D eigenvalue weighted by Crippen LogP contribution is -2.21. The zero-order chi connectivity index (χ0) is 10.9. The maximum atomic E-state index is 7.27. The maximum Gasteiger partial charge on any atom is -0.00422 e. The molecule has 0 aromatic carbocycles. The van der Waals surface area contributed by atoms with Gasteiger partial charge in [-0.05, 0) is 49.9 Å². The fraction of sp³-hybridized carbons (Fsp3) is 0.833. The van der Waals surface area contributed by atoms with E-state index in [1.165, 1.54) is 31.9 Å². The highest BCUT2D eigenvalue weighted by Gasteiger charge is 2.26. The van der Waals surface area contributed by atoms with Crippen molar-refractivity contribution in [2.75, 3.05) is 0 Å². The molecule has 0 radical (unpaired) electrons. The summed E-state index contributed by atoms with van der Waals surface area (Å²) in [6, 6.07) is 0. The van der Waals surface area contributed by atoms with E-state index < -0.39 is 0 Å². The predicted molar refractivity (Wildman–Crippen MR) is 63.7 cm³/mol. The smallest absolute Gasteiger partial charge is 0.00422 e. The monoisotopic (exact) mass is 196 g/mol. The lowest BCUT2D eigenvalue weighted by atomic mass is 9.73. The summed E-state index contributed by atoms with van der Waals surface area (Å²) >= 11 is 0. The summed E-state index contributed by atoms with van der Waals surface area (Å²) in [5.74, 6) is 0. The average Bonchev–Trinajstić information content (AvgIpc) is 2.16. The van der Waals surface area contributed by atoms with Gasteiger partial charge in [0, 0.05) is 0 Å². The maximum absolute atomic E-state index is 7.27. The van der Waals surface area contributed by atoms with Gasteiger partial charge in [0.1, 0.15) is 0 Å². The van der Waals surface area contributed by atoms with Gasteiger partial charge in [0.25, 0.3) is 0 Å². The van der Waals surface area contributed by atoms with Gasteiger partial charge in [-0.3, -0.25) is 0 Å². The fourth-order valence-corrected chi connectivity index (χ4v) is 2.34. The Morgan fingerprint density at radius 1 is 0.929 bits per heavy atom. The van der Waals surface area contributed by atoms with E-state index in [1.54, 1.807) is 6.21 Å². The Hall–Kier alpha value is -0.660. The number of hydrogen-bond acceptors (Lipinski definition) is 2. The van der Waals surface area contributed by atoms with Crippen molar-refractivity contribution in [1.29, 1.82) is 10.8 Å². The molecule has 0 bridgehead atoms. The first-order chi connectivity index (χ1) is 6.74. The first-order valence-electron chi connectivity index (χ1n) is 5.72. The zero-order valence-electron chi connectivity index (χ0n) is 9.60. The second kappa shape index (κ2) is 7.72. The Kier molecular flexibility index (Phi) is 7.35. The van der Waals surface area contributed by atoms with Gasteiger partial charge >= 0.3 is 0 Å². The van der Waals surface area contributed by atoms with Crippen molar-refractivity contribution < 1.29 is 0 Å². The molecule has 0 aromatic heterocycles. The van der Waals surface area contributed by atoms with E-state index in [2.05, 4.69) is 13.8 Å². The number of rotatable bonds is 9. The molecular weight excluding hydrogens is 172 g/mol. The van der Waals surface area contributed by atoms with Crippen molar-refractivity contribution in [2.24, 2.45) is 5.41 Å². The van der Waals surface area contributed by atoms with Crippen LogP contribution in [-0.4, -0.2) is 12.4 Å². The molecule has 0 unspecified atom stereocenters. The van der Waals surface area contributed by atoms with Crippen LogP contribution in [0.3, 0.4) is 0 Å². The van der Waals surface area contributed by atoms with E-state index in [0.717, 1.165) is 19.3 Å². The minimum atomic E-state index is 0.308. The summed E-state index contributed by atoms with van der Waals surface area (Å²) in [5.41, 5.74) is 0.308. The molecule has 0 atom stereocenters. The van der Waals surface area contributed by atoms with E-state index in [4.69, 9.17) is 10.8 Å². The summed E-state index contributed by atoms with van der Waals surface area (Å²) in [7, 11) is 0. The normalized spacial score (nSPS) is 11.3. The van der Waals surface area contributed by atoms with Crippen LogP contribution in [0.2, 0.25) is 0 Å². The van der Waals surface area contributed by atoms with E-state index in [-0.39, 0.29) is 0 Å². The first kappa shape index (κ1) is 13.3. The first-order valence-corrected chi connectivity index (χ1v) is 5.72. The van der Waals surface area contributed by atoms with Crippen molar-refractivity contribution in [3.63, 3.8) is 0 Å². The molecule has 0 spiro atoms. The Morgan fingerprint density at radius 3 is 1.86 bits per heavy atom. The minimum Gasteiger partial charge on any atom is -0.313 e. The molecule has 2 nitrogen and oxygen atoms in total. The van der Waals surface area contributed by atoms with Crippen molar-refractivity contribution in [2.45, 2.75) is 58.8 Å². The van der Waals surface area contributed by atoms with Crippen LogP contribution in [0.4, 0.5) is 0 Å². The van der Waals surface area contributed by atoms with Crippen LogP contribution in [0, 0.1) is 16.2 Å². The third-order valence-electron chi connectivity index (χ3n) is 2.91. The summed E-state index contributed by atoms with van der Waals surface area (Å²) in [5, 5.41) is 14.4. The van der Waals surface area contributed by atoms with Gasteiger partial charge in [0.05, 0.1) is 0 Å². The highest BCUT2D eigenvalue weighted by molar-refractivity contribution is 5.55. The lowest BCUT2D eigenvalue weighted by Gasteiger charge is -2.32. The summed E-state index contributed by atoms with van der Waals surface area (Å²) in [6.07, 6.45) is 10.7. The predicted octanol–water partition coefficient (Wildman–Crippen LogP) is 4.04. The van der Waals surface area contributed by atoms with Crippen LogP contribution in [0.1, 0.15) is 58.8 Å². The SMILES string of the molecule is CCCC(CC=N)(CCC)CCC=N. The van der Waals surface area contributed by atoms with Gasteiger partial charge in [0.2, 0.25) is 0 Å².